The Labute approximate surface area is 106 Å². The van der Waals surface area contributed by atoms with E-state index >= 15 is 0 Å². The normalized spacial score (nSPS) is 10.6. The Bertz CT molecular complexity index is 302. The van der Waals surface area contributed by atoms with Crippen molar-refractivity contribution in [2.24, 2.45) is 7.05 Å². The standard InChI is InChI=1S/C15H27N2/c1-3-4-5-6-7-8-9-10-11-12-17-14-13-16(2)15-17/h3,13-15H,1,4-12H2,2H3/q+1. The maximum absolute atomic E-state index is 3.75. The summed E-state index contributed by atoms with van der Waals surface area (Å²) in [6.45, 7) is 4.91. The smallest absolute Gasteiger partial charge is 0.240 e. The van der Waals surface area contributed by atoms with E-state index in [0.29, 0.717) is 0 Å². The van der Waals surface area contributed by atoms with E-state index in [4.69, 9.17) is 0 Å². The van der Waals surface area contributed by atoms with Gasteiger partial charge >= 0.3 is 0 Å². The lowest BCUT2D eigenvalue weighted by Gasteiger charge is -2.00. The molecule has 0 fully saturated rings. The molecule has 0 bridgehead atoms. The first kappa shape index (κ1) is 14.0. The van der Waals surface area contributed by atoms with Gasteiger partial charge in [-0.3, -0.25) is 0 Å². The van der Waals surface area contributed by atoms with Crippen LogP contribution in [0.1, 0.15) is 51.4 Å². The summed E-state index contributed by atoms with van der Waals surface area (Å²) >= 11 is 0. The molecule has 1 aromatic heterocycles. The van der Waals surface area contributed by atoms with E-state index in [-0.39, 0.29) is 0 Å². The molecule has 2 heteroatoms. The molecular formula is C15H27N2+. The Hall–Kier alpha value is -1.05. The molecule has 0 atom stereocenters. The Morgan fingerprint density at radius 1 is 1.06 bits per heavy atom. The van der Waals surface area contributed by atoms with Crippen LogP contribution in [0.3, 0.4) is 0 Å². The number of aromatic nitrogens is 2. The summed E-state index contributed by atoms with van der Waals surface area (Å²) < 4.78 is 4.36. The minimum absolute atomic E-state index is 1.16. The molecule has 0 aromatic carbocycles. The molecule has 0 aliphatic rings. The Morgan fingerprint density at radius 2 is 1.71 bits per heavy atom. The van der Waals surface area contributed by atoms with Crippen molar-refractivity contribution in [2.45, 2.75) is 57.9 Å². The fourth-order valence-electron chi connectivity index (χ4n) is 2.10. The zero-order valence-corrected chi connectivity index (χ0v) is 11.3. The van der Waals surface area contributed by atoms with Crippen LogP contribution in [0.4, 0.5) is 0 Å². The van der Waals surface area contributed by atoms with E-state index in [1.807, 2.05) is 6.08 Å². The van der Waals surface area contributed by atoms with Crippen molar-refractivity contribution in [2.75, 3.05) is 0 Å². The number of imidazole rings is 1. The maximum atomic E-state index is 3.75. The van der Waals surface area contributed by atoms with Crippen molar-refractivity contribution < 1.29 is 4.57 Å². The molecule has 1 rings (SSSR count). The molecule has 0 aliphatic heterocycles. The zero-order valence-electron chi connectivity index (χ0n) is 11.3. The topological polar surface area (TPSA) is 8.81 Å². The highest BCUT2D eigenvalue weighted by Gasteiger charge is 1.99. The van der Waals surface area contributed by atoms with Crippen molar-refractivity contribution in [1.82, 2.24) is 4.57 Å². The van der Waals surface area contributed by atoms with Gasteiger partial charge in [0.1, 0.15) is 12.4 Å². The largest absolute Gasteiger partial charge is 0.243 e. The van der Waals surface area contributed by atoms with Crippen LogP contribution < -0.4 is 4.57 Å². The molecule has 0 amide bonds. The van der Waals surface area contributed by atoms with Gasteiger partial charge < -0.3 is 0 Å². The van der Waals surface area contributed by atoms with E-state index in [2.05, 4.69) is 41.5 Å². The van der Waals surface area contributed by atoms with E-state index in [9.17, 15) is 0 Å². The Morgan fingerprint density at radius 3 is 2.29 bits per heavy atom. The van der Waals surface area contributed by atoms with Crippen LogP contribution in [0.2, 0.25) is 0 Å². The second-order valence-corrected chi connectivity index (χ2v) is 4.87. The second-order valence-electron chi connectivity index (χ2n) is 4.87. The van der Waals surface area contributed by atoms with Gasteiger partial charge in [0.15, 0.2) is 0 Å². The van der Waals surface area contributed by atoms with Crippen LogP contribution in [0, 0.1) is 0 Å². The molecule has 2 nitrogen and oxygen atoms in total. The molecule has 0 spiro atoms. The predicted octanol–water partition coefficient (Wildman–Crippen LogP) is 3.62. The summed E-state index contributed by atoms with van der Waals surface area (Å²) in [5.41, 5.74) is 0. The third-order valence-corrected chi connectivity index (χ3v) is 3.15. The first-order valence-electron chi connectivity index (χ1n) is 6.95. The molecule has 0 saturated heterocycles. The van der Waals surface area contributed by atoms with Crippen LogP contribution in [0.25, 0.3) is 0 Å². The lowest BCUT2D eigenvalue weighted by Crippen LogP contribution is -2.23. The summed E-state index contributed by atoms with van der Waals surface area (Å²) in [6, 6.07) is 0. The van der Waals surface area contributed by atoms with Gasteiger partial charge in [0, 0.05) is 0 Å². The zero-order chi connectivity index (χ0) is 12.3. The summed E-state index contributed by atoms with van der Waals surface area (Å²) in [5.74, 6) is 0. The van der Waals surface area contributed by atoms with E-state index in [0.717, 1.165) is 6.54 Å². The number of rotatable bonds is 10. The van der Waals surface area contributed by atoms with E-state index in [1.165, 1.54) is 51.4 Å². The molecule has 0 saturated carbocycles. The van der Waals surface area contributed by atoms with Gasteiger partial charge in [0.25, 0.3) is 0 Å². The van der Waals surface area contributed by atoms with Crippen LogP contribution in [0.15, 0.2) is 31.4 Å². The van der Waals surface area contributed by atoms with Crippen molar-refractivity contribution in [1.29, 1.82) is 0 Å². The highest BCUT2D eigenvalue weighted by molar-refractivity contribution is 4.66. The minimum atomic E-state index is 1.16. The van der Waals surface area contributed by atoms with Gasteiger partial charge in [-0.05, 0) is 25.7 Å². The fraction of sp³-hybridized carbons (Fsp3) is 0.667. The molecule has 0 unspecified atom stereocenters. The molecule has 0 N–H and O–H groups in total. The number of aryl methyl sites for hydroxylation is 2. The van der Waals surface area contributed by atoms with Crippen molar-refractivity contribution in [3.63, 3.8) is 0 Å². The van der Waals surface area contributed by atoms with Gasteiger partial charge in [-0.2, -0.15) is 0 Å². The molecule has 96 valence electrons. The van der Waals surface area contributed by atoms with Crippen LogP contribution in [-0.2, 0) is 13.6 Å². The molecule has 17 heavy (non-hydrogen) atoms. The molecular weight excluding hydrogens is 208 g/mol. The van der Waals surface area contributed by atoms with Gasteiger partial charge in [-0.15, -0.1) is 6.58 Å². The van der Waals surface area contributed by atoms with Crippen molar-refractivity contribution in [3.05, 3.63) is 31.4 Å². The Kier molecular flexibility index (Phi) is 7.44. The fourth-order valence-corrected chi connectivity index (χ4v) is 2.10. The number of unbranched alkanes of at least 4 members (excludes halogenated alkanes) is 7. The molecule has 1 heterocycles. The predicted molar refractivity (Wildman–Crippen MR) is 72.7 cm³/mol. The quantitative estimate of drug-likeness (QED) is 0.333. The number of hydrogen-bond donors (Lipinski definition) is 0. The SMILES string of the molecule is C=CCCCCCCCCCn1cc[n+](C)c1. The number of hydrogen-bond acceptors (Lipinski definition) is 0. The molecule has 0 radical (unpaired) electrons. The maximum Gasteiger partial charge on any atom is 0.243 e. The van der Waals surface area contributed by atoms with E-state index < -0.39 is 0 Å². The van der Waals surface area contributed by atoms with Crippen LogP contribution in [0.5, 0.6) is 0 Å². The van der Waals surface area contributed by atoms with Crippen molar-refractivity contribution >= 4 is 0 Å². The minimum Gasteiger partial charge on any atom is -0.240 e. The lowest BCUT2D eigenvalue weighted by atomic mass is 10.1. The van der Waals surface area contributed by atoms with Gasteiger partial charge in [0.05, 0.1) is 13.6 Å². The van der Waals surface area contributed by atoms with E-state index in [1.54, 1.807) is 0 Å². The Balaban J connectivity index is 1.86. The summed E-state index contributed by atoms with van der Waals surface area (Å²) in [6.07, 6.45) is 19.2. The highest BCUT2D eigenvalue weighted by atomic mass is 15.1. The molecule has 0 aliphatic carbocycles. The van der Waals surface area contributed by atoms with Crippen molar-refractivity contribution in [3.8, 4) is 0 Å². The van der Waals surface area contributed by atoms with Gasteiger partial charge in [-0.1, -0.05) is 31.8 Å². The highest BCUT2D eigenvalue weighted by Crippen LogP contribution is 2.09. The number of allylic oxidation sites excluding steroid dienone is 1. The third-order valence-electron chi connectivity index (χ3n) is 3.15. The number of nitrogens with zero attached hydrogens (tertiary/aromatic N) is 2. The summed E-state index contributed by atoms with van der Waals surface area (Å²) in [4.78, 5) is 0. The lowest BCUT2D eigenvalue weighted by molar-refractivity contribution is -0.671. The summed E-state index contributed by atoms with van der Waals surface area (Å²) in [7, 11) is 2.07. The second kappa shape index (κ2) is 9.03. The van der Waals surface area contributed by atoms with Crippen LogP contribution in [-0.4, -0.2) is 4.57 Å². The monoisotopic (exact) mass is 235 g/mol. The first-order chi connectivity index (χ1) is 8.33. The van der Waals surface area contributed by atoms with Gasteiger partial charge in [-0.25, -0.2) is 9.13 Å². The van der Waals surface area contributed by atoms with Crippen LogP contribution >= 0.6 is 0 Å². The average Bonchev–Trinajstić information content (AvgIpc) is 2.73. The third kappa shape index (κ3) is 6.98. The molecule has 1 aromatic rings. The summed E-state index contributed by atoms with van der Waals surface area (Å²) in [5, 5.41) is 0. The van der Waals surface area contributed by atoms with Gasteiger partial charge in [0.2, 0.25) is 6.33 Å². The first-order valence-corrected chi connectivity index (χ1v) is 6.95. The average molecular weight is 235 g/mol.